The van der Waals surface area contributed by atoms with Gasteiger partial charge in [0.2, 0.25) is 0 Å². The molecular formula is C17H16N2O2. The van der Waals surface area contributed by atoms with E-state index < -0.39 is 0 Å². The van der Waals surface area contributed by atoms with Crippen LogP contribution in [0, 0.1) is 6.92 Å². The zero-order chi connectivity index (χ0) is 14.8. The van der Waals surface area contributed by atoms with Crippen LogP contribution >= 0.6 is 0 Å². The summed E-state index contributed by atoms with van der Waals surface area (Å²) in [5.74, 6) is 1.04. The molecule has 0 saturated carbocycles. The van der Waals surface area contributed by atoms with Crippen molar-refractivity contribution in [2.45, 2.75) is 6.92 Å². The lowest BCUT2D eigenvalue weighted by molar-refractivity contribution is 0.414. The Bertz CT molecular complexity index is 761. The minimum absolute atomic E-state index is 0.233. The zero-order valence-corrected chi connectivity index (χ0v) is 11.9. The number of phenols is 1. The van der Waals surface area contributed by atoms with Crippen LogP contribution in [-0.2, 0) is 0 Å². The van der Waals surface area contributed by atoms with Crippen molar-refractivity contribution in [1.82, 2.24) is 9.78 Å². The molecule has 3 rings (SSSR count). The molecule has 0 aliphatic carbocycles. The van der Waals surface area contributed by atoms with Gasteiger partial charge in [0, 0.05) is 11.3 Å². The van der Waals surface area contributed by atoms with Gasteiger partial charge in [0.1, 0.15) is 11.5 Å². The van der Waals surface area contributed by atoms with Crippen LogP contribution in [0.5, 0.6) is 11.5 Å². The van der Waals surface area contributed by atoms with Gasteiger partial charge in [0.15, 0.2) is 0 Å². The quantitative estimate of drug-likeness (QED) is 0.798. The van der Waals surface area contributed by atoms with Gasteiger partial charge in [-0.05, 0) is 49.4 Å². The van der Waals surface area contributed by atoms with Gasteiger partial charge in [0.05, 0.1) is 18.5 Å². The van der Waals surface area contributed by atoms with E-state index in [-0.39, 0.29) is 5.75 Å². The predicted molar refractivity (Wildman–Crippen MR) is 82.0 cm³/mol. The smallest absolute Gasteiger partial charge is 0.125 e. The van der Waals surface area contributed by atoms with E-state index in [2.05, 4.69) is 5.10 Å². The number of hydrogen-bond donors (Lipinski definition) is 1. The molecule has 0 fully saturated rings. The molecule has 1 heterocycles. The van der Waals surface area contributed by atoms with E-state index in [1.54, 1.807) is 19.2 Å². The average molecular weight is 280 g/mol. The van der Waals surface area contributed by atoms with Crippen molar-refractivity contribution >= 4 is 0 Å². The van der Waals surface area contributed by atoms with E-state index in [0.717, 1.165) is 28.4 Å². The van der Waals surface area contributed by atoms with Crippen LogP contribution in [0.3, 0.4) is 0 Å². The van der Waals surface area contributed by atoms with Crippen molar-refractivity contribution in [1.29, 1.82) is 0 Å². The van der Waals surface area contributed by atoms with Crippen molar-refractivity contribution in [2.24, 2.45) is 0 Å². The SMILES string of the molecule is COc1ccc(-n2nc(-c3ccccc3O)cc2C)cc1. The number of nitrogens with zero attached hydrogens (tertiary/aromatic N) is 2. The number of aryl methyl sites for hydroxylation is 1. The molecule has 21 heavy (non-hydrogen) atoms. The van der Waals surface area contributed by atoms with Crippen molar-refractivity contribution < 1.29 is 9.84 Å². The van der Waals surface area contributed by atoms with Gasteiger partial charge in [-0.3, -0.25) is 0 Å². The molecule has 0 bridgehead atoms. The first kappa shape index (κ1) is 13.2. The monoisotopic (exact) mass is 280 g/mol. The molecular weight excluding hydrogens is 264 g/mol. The number of para-hydroxylation sites is 1. The Morgan fingerprint density at radius 1 is 1.05 bits per heavy atom. The molecule has 0 spiro atoms. The minimum atomic E-state index is 0.233. The molecule has 3 aromatic rings. The standard InChI is InChI=1S/C17H16N2O2/c1-12-11-16(15-5-3-4-6-17(15)20)18-19(12)13-7-9-14(21-2)10-8-13/h3-11,20H,1-2H3. The summed E-state index contributed by atoms with van der Waals surface area (Å²) in [5.41, 5.74) is 3.43. The predicted octanol–water partition coefficient (Wildman–Crippen LogP) is 3.56. The molecule has 0 atom stereocenters. The highest BCUT2D eigenvalue weighted by Crippen LogP contribution is 2.29. The van der Waals surface area contributed by atoms with Crippen LogP contribution in [0.25, 0.3) is 16.9 Å². The van der Waals surface area contributed by atoms with Gasteiger partial charge in [-0.2, -0.15) is 5.10 Å². The molecule has 0 aliphatic heterocycles. The van der Waals surface area contributed by atoms with E-state index >= 15 is 0 Å². The number of methoxy groups -OCH3 is 1. The summed E-state index contributed by atoms with van der Waals surface area (Å²) in [6, 6.07) is 16.9. The molecule has 0 aliphatic rings. The van der Waals surface area contributed by atoms with Crippen LogP contribution in [-0.4, -0.2) is 22.0 Å². The Labute approximate surface area is 123 Å². The van der Waals surface area contributed by atoms with Crippen molar-refractivity contribution in [3.05, 3.63) is 60.3 Å². The van der Waals surface area contributed by atoms with E-state index in [9.17, 15) is 5.11 Å². The van der Waals surface area contributed by atoms with Crippen LogP contribution < -0.4 is 4.74 Å². The van der Waals surface area contributed by atoms with Crippen LogP contribution in [0.2, 0.25) is 0 Å². The van der Waals surface area contributed by atoms with Gasteiger partial charge >= 0.3 is 0 Å². The molecule has 2 aromatic carbocycles. The van der Waals surface area contributed by atoms with Gasteiger partial charge in [-0.25, -0.2) is 4.68 Å². The molecule has 1 N–H and O–H groups in total. The molecule has 0 amide bonds. The maximum Gasteiger partial charge on any atom is 0.125 e. The second-order valence-corrected chi connectivity index (χ2v) is 4.80. The summed E-state index contributed by atoms with van der Waals surface area (Å²) in [7, 11) is 1.64. The third-order valence-electron chi connectivity index (χ3n) is 3.38. The fraction of sp³-hybridized carbons (Fsp3) is 0.118. The summed E-state index contributed by atoms with van der Waals surface area (Å²) in [5, 5.41) is 14.5. The number of ether oxygens (including phenoxy) is 1. The van der Waals surface area contributed by atoms with E-state index in [4.69, 9.17) is 4.74 Å². The molecule has 0 radical (unpaired) electrons. The lowest BCUT2D eigenvalue weighted by Crippen LogP contribution is -1.98. The Balaban J connectivity index is 2.03. The topological polar surface area (TPSA) is 47.3 Å². The normalized spacial score (nSPS) is 10.6. The largest absolute Gasteiger partial charge is 0.507 e. The molecule has 106 valence electrons. The maximum absolute atomic E-state index is 9.94. The summed E-state index contributed by atoms with van der Waals surface area (Å²) in [6.45, 7) is 1.99. The number of rotatable bonds is 3. The fourth-order valence-electron chi connectivity index (χ4n) is 2.28. The van der Waals surface area contributed by atoms with Crippen LogP contribution in [0.15, 0.2) is 54.6 Å². The number of aromatic nitrogens is 2. The number of aromatic hydroxyl groups is 1. The first-order valence-corrected chi connectivity index (χ1v) is 6.68. The van der Waals surface area contributed by atoms with Gasteiger partial charge in [0.25, 0.3) is 0 Å². The second kappa shape index (κ2) is 5.32. The molecule has 0 saturated heterocycles. The molecule has 4 heteroatoms. The second-order valence-electron chi connectivity index (χ2n) is 4.80. The summed E-state index contributed by atoms with van der Waals surface area (Å²) in [4.78, 5) is 0. The highest BCUT2D eigenvalue weighted by atomic mass is 16.5. The number of phenolic OH excluding ortho intramolecular Hbond substituents is 1. The number of benzene rings is 2. The van der Waals surface area contributed by atoms with Gasteiger partial charge < -0.3 is 9.84 Å². The van der Waals surface area contributed by atoms with E-state index in [0.29, 0.717) is 0 Å². The highest BCUT2D eigenvalue weighted by molar-refractivity contribution is 5.67. The lowest BCUT2D eigenvalue weighted by Gasteiger charge is -2.05. The summed E-state index contributed by atoms with van der Waals surface area (Å²) >= 11 is 0. The van der Waals surface area contributed by atoms with Crippen LogP contribution in [0.1, 0.15) is 5.69 Å². The number of hydrogen-bond acceptors (Lipinski definition) is 3. The van der Waals surface area contributed by atoms with Crippen molar-refractivity contribution in [3.63, 3.8) is 0 Å². The molecule has 1 aromatic heterocycles. The van der Waals surface area contributed by atoms with Crippen molar-refractivity contribution in [3.8, 4) is 28.4 Å². The average Bonchev–Trinajstić information content (AvgIpc) is 2.89. The minimum Gasteiger partial charge on any atom is -0.507 e. The Morgan fingerprint density at radius 2 is 1.76 bits per heavy atom. The maximum atomic E-state index is 9.94. The third-order valence-corrected chi connectivity index (χ3v) is 3.38. The lowest BCUT2D eigenvalue weighted by atomic mass is 10.1. The van der Waals surface area contributed by atoms with Crippen LogP contribution in [0.4, 0.5) is 0 Å². The molecule has 0 unspecified atom stereocenters. The van der Waals surface area contributed by atoms with E-state index in [1.165, 1.54) is 0 Å². The van der Waals surface area contributed by atoms with Crippen molar-refractivity contribution in [2.75, 3.05) is 7.11 Å². The van der Waals surface area contributed by atoms with Gasteiger partial charge in [-0.15, -0.1) is 0 Å². The summed E-state index contributed by atoms with van der Waals surface area (Å²) < 4.78 is 7.01. The van der Waals surface area contributed by atoms with E-state index in [1.807, 2.05) is 54.1 Å². The Kier molecular flexibility index (Phi) is 3.36. The first-order chi connectivity index (χ1) is 10.2. The molecule has 4 nitrogen and oxygen atoms in total. The first-order valence-electron chi connectivity index (χ1n) is 6.68. The zero-order valence-electron chi connectivity index (χ0n) is 11.9. The Morgan fingerprint density at radius 3 is 2.43 bits per heavy atom. The summed E-state index contributed by atoms with van der Waals surface area (Å²) in [6.07, 6.45) is 0. The Hall–Kier alpha value is -2.75. The fourth-order valence-corrected chi connectivity index (χ4v) is 2.28. The third kappa shape index (κ3) is 2.48. The highest BCUT2D eigenvalue weighted by Gasteiger charge is 2.11. The van der Waals surface area contributed by atoms with Gasteiger partial charge in [-0.1, -0.05) is 12.1 Å².